The number of carbonyl (C=O) groups is 1. The van der Waals surface area contributed by atoms with Gasteiger partial charge in [-0.1, -0.05) is 31.5 Å². The molecule has 1 aromatic rings. The predicted octanol–water partition coefficient (Wildman–Crippen LogP) is 3.13. The van der Waals surface area contributed by atoms with Gasteiger partial charge < -0.3 is 10.0 Å². The first-order chi connectivity index (χ1) is 8.00. The van der Waals surface area contributed by atoms with Crippen molar-refractivity contribution in [1.82, 2.24) is 0 Å². The van der Waals surface area contributed by atoms with Crippen molar-refractivity contribution in [3.63, 3.8) is 0 Å². The van der Waals surface area contributed by atoms with E-state index in [0.717, 1.165) is 18.8 Å². The lowest BCUT2D eigenvalue weighted by atomic mass is 9.87. The van der Waals surface area contributed by atoms with E-state index in [2.05, 4.69) is 18.7 Å². The van der Waals surface area contributed by atoms with E-state index in [0.29, 0.717) is 16.9 Å². The molecular formula is C13H16ClNO2. The van der Waals surface area contributed by atoms with Crippen molar-refractivity contribution in [2.45, 2.75) is 13.8 Å². The number of hydrogen-bond donors (Lipinski definition) is 1. The molecular weight excluding hydrogens is 238 g/mol. The molecule has 1 aliphatic rings. The maximum Gasteiger partial charge on any atom is 0.339 e. The SMILES string of the molecule is CC(C)C1CN(c2cccc(Cl)c2C(=O)O)C1. The van der Waals surface area contributed by atoms with Crippen LogP contribution in [-0.4, -0.2) is 24.2 Å². The van der Waals surface area contributed by atoms with Gasteiger partial charge in [0, 0.05) is 13.1 Å². The standard InChI is InChI=1S/C13H16ClNO2/c1-8(2)9-6-15(7-9)11-5-3-4-10(14)12(11)13(16)17/h3-5,8-9H,6-7H2,1-2H3,(H,16,17). The van der Waals surface area contributed by atoms with Crippen LogP contribution in [0.3, 0.4) is 0 Å². The predicted molar refractivity (Wildman–Crippen MR) is 69.0 cm³/mol. The van der Waals surface area contributed by atoms with E-state index in [-0.39, 0.29) is 5.56 Å². The molecule has 0 radical (unpaired) electrons. The Bertz CT molecular complexity index is 439. The summed E-state index contributed by atoms with van der Waals surface area (Å²) >= 11 is 5.94. The number of anilines is 1. The van der Waals surface area contributed by atoms with Crippen LogP contribution in [-0.2, 0) is 0 Å². The summed E-state index contributed by atoms with van der Waals surface area (Å²) in [6.07, 6.45) is 0. The summed E-state index contributed by atoms with van der Waals surface area (Å²) in [7, 11) is 0. The maximum absolute atomic E-state index is 11.2. The highest BCUT2D eigenvalue weighted by Crippen LogP contribution is 2.34. The fourth-order valence-corrected chi connectivity index (χ4v) is 2.37. The van der Waals surface area contributed by atoms with E-state index in [1.54, 1.807) is 12.1 Å². The van der Waals surface area contributed by atoms with Gasteiger partial charge in [0.15, 0.2) is 0 Å². The highest BCUT2D eigenvalue weighted by atomic mass is 35.5. The molecule has 1 N–H and O–H groups in total. The van der Waals surface area contributed by atoms with Gasteiger partial charge in [0.2, 0.25) is 0 Å². The number of carboxylic acid groups (broad SMARTS) is 1. The Morgan fingerprint density at radius 3 is 2.65 bits per heavy atom. The zero-order valence-electron chi connectivity index (χ0n) is 9.98. The third kappa shape index (κ3) is 2.25. The molecule has 0 aliphatic carbocycles. The molecule has 92 valence electrons. The highest BCUT2D eigenvalue weighted by Gasteiger charge is 2.31. The molecule has 0 bridgehead atoms. The second kappa shape index (κ2) is 4.57. The van der Waals surface area contributed by atoms with Crippen molar-refractivity contribution in [3.05, 3.63) is 28.8 Å². The smallest absolute Gasteiger partial charge is 0.339 e. The van der Waals surface area contributed by atoms with E-state index in [1.165, 1.54) is 0 Å². The third-order valence-corrected chi connectivity index (χ3v) is 3.71. The number of halogens is 1. The second-order valence-electron chi connectivity index (χ2n) is 4.85. The van der Waals surface area contributed by atoms with Gasteiger partial charge in [0.05, 0.1) is 10.7 Å². The number of hydrogen-bond acceptors (Lipinski definition) is 2. The van der Waals surface area contributed by atoms with Crippen LogP contribution in [0.2, 0.25) is 5.02 Å². The van der Waals surface area contributed by atoms with Crippen LogP contribution in [0.25, 0.3) is 0 Å². The monoisotopic (exact) mass is 253 g/mol. The molecule has 4 heteroatoms. The summed E-state index contributed by atoms with van der Waals surface area (Å²) in [5, 5.41) is 9.49. The topological polar surface area (TPSA) is 40.5 Å². The first-order valence-corrected chi connectivity index (χ1v) is 6.15. The van der Waals surface area contributed by atoms with Crippen molar-refractivity contribution < 1.29 is 9.90 Å². The largest absolute Gasteiger partial charge is 0.478 e. The minimum absolute atomic E-state index is 0.219. The zero-order chi connectivity index (χ0) is 12.6. The van der Waals surface area contributed by atoms with Crippen molar-refractivity contribution in [3.8, 4) is 0 Å². The summed E-state index contributed by atoms with van der Waals surface area (Å²) in [6, 6.07) is 5.24. The van der Waals surface area contributed by atoms with E-state index >= 15 is 0 Å². The molecule has 0 saturated carbocycles. The molecule has 1 heterocycles. The van der Waals surface area contributed by atoms with E-state index in [1.807, 2.05) is 6.07 Å². The van der Waals surface area contributed by atoms with Gasteiger partial charge in [-0.15, -0.1) is 0 Å². The third-order valence-electron chi connectivity index (χ3n) is 3.40. The molecule has 0 aromatic heterocycles. The molecule has 1 aromatic carbocycles. The van der Waals surface area contributed by atoms with Crippen LogP contribution >= 0.6 is 11.6 Å². The number of carboxylic acids is 1. The molecule has 1 aliphatic heterocycles. The Hall–Kier alpha value is -1.22. The molecule has 1 fully saturated rings. The lowest BCUT2D eigenvalue weighted by Crippen LogP contribution is -2.49. The summed E-state index contributed by atoms with van der Waals surface area (Å²) in [6.45, 7) is 6.22. The molecule has 17 heavy (non-hydrogen) atoms. The fourth-order valence-electron chi connectivity index (χ4n) is 2.12. The molecule has 0 atom stereocenters. The molecule has 1 saturated heterocycles. The average molecular weight is 254 g/mol. The van der Waals surface area contributed by atoms with Gasteiger partial charge in [-0.2, -0.15) is 0 Å². The molecule has 0 unspecified atom stereocenters. The van der Waals surface area contributed by atoms with Gasteiger partial charge in [-0.05, 0) is 24.0 Å². The first-order valence-electron chi connectivity index (χ1n) is 5.77. The van der Waals surface area contributed by atoms with Crippen molar-refractivity contribution in [2.75, 3.05) is 18.0 Å². The van der Waals surface area contributed by atoms with Crippen LogP contribution in [0.5, 0.6) is 0 Å². The minimum atomic E-state index is -0.960. The van der Waals surface area contributed by atoms with Gasteiger partial charge in [0.1, 0.15) is 5.56 Å². The Morgan fingerprint density at radius 1 is 1.47 bits per heavy atom. The Balaban J connectivity index is 2.23. The number of aromatic carboxylic acids is 1. The lowest BCUT2D eigenvalue weighted by molar-refractivity contribution is 0.0697. The molecule has 3 nitrogen and oxygen atoms in total. The highest BCUT2D eigenvalue weighted by molar-refractivity contribution is 6.34. The van der Waals surface area contributed by atoms with Crippen LogP contribution in [0.1, 0.15) is 24.2 Å². The summed E-state index contributed by atoms with van der Waals surface area (Å²) in [5.74, 6) is 0.327. The van der Waals surface area contributed by atoms with Crippen LogP contribution in [0.4, 0.5) is 5.69 Å². The van der Waals surface area contributed by atoms with E-state index < -0.39 is 5.97 Å². The van der Waals surface area contributed by atoms with E-state index in [9.17, 15) is 9.90 Å². The fraction of sp³-hybridized carbons (Fsp3) is 0.462. The summed E-state index contributed by atoms with van der Waals surface area (Å²) in [4.78, 5) is 13.3. The Kier molecular flexibility index (Phi) is 3.29. The van der Waals surface area contributed by atoms with Gasteiger partial charge in [-0.25, -0.2) is 4.79 Å². The van der Waals surface area contributed by atoms with Crippen LogP contribution < -0.4 is 4.90 Å². The quantitative estimate of drug-likeness (QED) is 0.900. The second-order valence-corrected chi connectivity index (χ2v) is 5.26. The summed E-state index contributed by atoms with van der Waals surface area (Å²) < 4.78 is 0. The van der Waals surface area contributed by atoms with Crippen molar-refractivity contribution in [2.24, 2.45) is 11.8 Å². The normalized spacial score (nSPS) is 16.1. The lowest BCUT2D eigenvalue weighted by Gasteiger charge is -2.43. The van der Waals surface area contributed by atoms with Crippen LogP contribution in [0, 0.1) is 11.8 Å². The van der Waals surface area contributed by atoms with Crippen molar-refractivity contribution in [1.29, 1.82) is 0 Å². The van der Waals surface area contributed by atoms with Gasteiger partial charge in [-0.3, -0.25) is 0 Å². The minimum Gasteiger partial charge on any atom is -0.478 e. The Labute approximate surface area is 106 Å². The van der Waals surface area contributed by atoms with Gasteiger partial charge in [0.25, 0.3) is 0 Å². The molecule has 0 spiro atoms. The number of rotatable bonds is 3. The Morgan fingerprint density at radius 2 is 2.12 bits per heavy atom. The maximum atomic E-state index is 11.2. The first kappa shape index (κ1) is 12.2. The molecule has 0 amide bonds. The number of nitrogens with zero attached hydrogens (tertiary/aromatic N) is 1. The van der Waals surface area contributed by atoms with Crippen molar-refractivity contribution >= 4 is 23.3 Å². The average Bonchev–Trinajstić information content (AvgIpc) is 2.13. The summed E-state index contributed by atoms with van der Waals surface area (Å²) in [5.41, 5.74) is 0.957. The van der Waals surface area contributed by atoms with E-state index in [4.69, 9.17) is 11.6 Å². The zero-order valence-corrected chi connectivity index (χ0v) is 10.7. The number of benzene rings is 1. The van der Waals surface area contributed by atoms with Crippen LogP contribution in [0.15, 0.2) is 18.2 Å². The van der Waals surface area contributed by atoms with Gasteiger partial charge >= 0.3 is 5.97 Å². The molecule has 2 rings (SSSR count).